The Bertz CT molecular complexity index is 427. The van der Waals surface area contributed by atoms with Crippen molar-refractivity contribution >= 4 is 39.2 Å². The minimum absolute atomic E-state index is 0.353. The molecule has 0 atom stereocenters. The Hall–Kier alpha value is -0.740. The van der Waals surface area contributed by atoms with Crippen LogP contribution in [0.3, 0.4) is 0 Å². The van der Waals surface area contributed by atoms with Crippen LogP contribution < -0.4 is 5.73 Å². The lowest BCUT2D eigenvalue weighted by Gasteiger charge is -2.20. The van der Waals surface area contributed by atoms with Crippen molar-refractivity contribution in [3.05, 3.63) is 27.2 Å². The molecule has 0 fully saturated rings. The molecule has 5 heteroatoms. The third kappa shape index (κ3) is 3.39. The topological polar surface area (TPSA) is 52.3 Å². The Balaban J connectivity index is 3.05. The minimum Gasteiger partial charge on any atom is -0.456 e. The molecule has 0 aliphatic carbocycles. The van der Waals surface area contributed by atoms with Crippen LogP contribution >= 0.6 is 27.5 Å². The molecular formula is C11H13BrClNO2. The summed E-state index contributed by atoms with van der Waals surface area (Å²) < 4.78 is 5.80. The molecule has 1 aromatic carbocycles. The summed E-state index contributed by atoms with van der Waals surface area (Å²) in [6.45, 7) is 5.41. The van der Waals surface area contributed by atoms with Gasteiger partial charge in [0.1, 0.15) is 5.60 Å². The predicted molar refractivity (Wildman–Crippen MR) is 68.7 cm³/mol. The Morgan fingerprint density at radius 1 is 1.44 bits per heavy atom. The largest absolute Gasteiger partial charge is 0.456 e. The highest BCUT2D eigenvalue weighted by Gasteiger charge is 2.20. The Kier molecular flexibility index (Phi) is 3.86. The number of nitrogens with two attached hydrogens (primary N) is 1. The minimum atomic E-state index is -0.537. The van der Waals surface area contributed by atoms with Gasteiger partial charge in [-0.2, -0.15) is 0 Å². The number of halogens is 2. The molecule has 0 unspecified atom stereocenters. The quantitative estimate of drug-likeness (QED) is 0.636. The van der Waals surface area contributed by atoms with E-state index < -0.39 is 11.6 Å². The molecule has 0 aliphatic heterocycles. The van der Waals surface area contributed by atoms with Crippen molar-refractivity contribution in [1.82, 2.24) is 0 Å². The van der Waals surface area contributed by atoms with E-state index in [4.69, 9.17) is 22.1 Å². The summed E-state index contributed by atoms with van der Waals surface area (Å²) in [5.41, 5.74) is 5.82. The first-order valence-electron chi connectivity index (χ1n) is 4.68. The summed E-state index contributed by atoms with van der Waals surface area (Å²) >= 11 is 9.07. The van der Waals surface area contributed by atoms with Gasteiger partial charge in [-0.3, -0.25) is 0 Å². The first-order chi connectivity index (χ1) is 7.20. The van der Waals surface area contributed by atoms with Crippen LogP contribution in [0.4, 0.5) is 5.69 Å². The fourth-order valence-electron chi connectivity index (χ4n) is 1.06. The van der Waals surface area contributed by atoms with E-state index in [0.717, 1.165) is 0 Å². The average molecular weight is 307 g/mol. The summed E-state index contributed by atoms with van der Waals surface area (Å²) in [6.07, 6.45) is 0. The van der Waals surface area contributed by atoms with Gasteiger partial charge < -0.3 is 10.5 Å². The maximum absolute atomic E-state index is 11.8. The lowest BCUT2D eigenvalue weighted by atomic mass is 10.1. The molecule has 0 aliphatic rings. The summed E-state index contributed by atoms with van der Waals surface area (Å²) in [5.74, 6) is -0.428. The number of carbonyl (C=O) groups excluding carboxylic acids is 1. The molecule has 0 aromatic heterocycles. The van der Waals surface area contributed by atoms with Gasteiger partial charge in [0, 0.05) is 4.47 Å². The van der Waals surface area contributed by atoms with E-state index in [1.54, 1.807) is 26.8 Å². The average Bonchev–Trinajstić information content (AvgIpc) is 2.08. The molecule has 3 nitrogen and oxygen atoms in total. The van der Waals surface area contributed by atoms with Gasteiger partial charge in [0.25, 0.3) is 0 Å². The number of rotatable bonds is 1. The summed E-state index contributed by atoms with van der Waals surface area (Å²) in [6, 6.07) is 3.08. The fraction of sp³-hybridized carbons (Fsp3) is 0.364. The van der Waals surface area contributed by atoms with Crippen LogP contribution in [0.15, 0.2) is 16.6 Å². The number of anilines is 1. The molecule has 0 heterocycles. The molecular weight excluding hydrogens is 293 g/mol. The van der Waals surface area contributed by atoms with Gasteiger partial charge in [-0.1, -0.05) is 11.6 Å². The van der Waals surface area contributed by atoms with E-state index >= 15 is 0 Å². The van der Waals surface area contributed by atoms with E-state index in [2.05, 4.69) is 15.9 Å². The van der Waals surface area contributed by atoms with E-state index in [-0.39, 0.29) is 0 Å². The van der Waals surface area contributed by atoms with Gasteiger partial charge in [-0.15, -0.1) is 0 Å². The zero-order valence-electron chi connectivity index (χ0n) is 9.30. The second-order valence-corrected chi connectivity index (χ2v) is 5.62. The second kappa shape index (κ2) is 4.63. The second-order valence-electron chi connectivity index (χ2n) is 4.36. The third-order valence-electron chi connectivity index (χ3n) is 1.71. The molecule has 0 amide bonds. The number of nitrogen functional groups attached to an aromatic ring is 1. The van der Waals surface area contributed by atoms with Gasteiger partial charge in [0.2, 0.25) is 0 Å². The van der Waals surface area contributed by atoms with Crippen LogP contribution in [0.5, 0.6) is 0 Å². The van der Waals surface area contributed by atoms with Crippen molar-refractivity contribution in [3.8, 4) is 0 Å². The van der Waals surface area contributed by atoms with Crippen LogP contribution in [0.1, 0.15) is 31.1 Å². The number of esters is 1. The third-order valence-corrected chi connectivity index (χ3v) is 2.69. The summed E-state index contributed by atoms with van der Waals surface area (Å²) in [7, 11) is 0. The van der Waals surface area contributed by atoms with Crippen molar-refractivity contribution in [2.45, 2.75) is 26.4 Å². The molecule has 16 heavy (non-hydrogen) atoms. The monoisotopic (exact) mass is 305 g/mol. The fourth-order valence-corrected chi connectivity index (χ4v) is 1.86. The molecule has 0 spiro atoms. The van der Waals surface area contributed by atoms with Crippen molar-refractivity contribution < 1.29 is 9.53 Å². The number of hydrogen-bond donors (Lipinski definition) is 1. The van der Waals surface area contributed by atoms with Crippen molar-refractivity contribution in [2.75, 3.05) is 5.73 Å². The standard InChI is InChI=1S/C11H13BrClNO2/c1-11(2,3)16-10(15)6-4-9(14)8(13)5-7(6)12/h4-5H,14H2,1-3H3. The van der Waals surface area contributed by atoms with Crippen LogP contribution in [-0.4, -0.2) is 11.6 Å². The van der Waals surface area contributed by atoms with Crippen LogP contribution in [0, 0.1) is 0 Å². The van der Waals surface area contributed by atoms with E-state index in [1.807, 2.05) is 0 Å². The van der Waals surface area contributed by atoms with Gasteiger partial charge in [0.05, 0.1) is 16.3 Å². The SMILES string of the molecule is CC(C)(C)OC(=O)c1cc(N)c(Cl)cc1Br. The van der Waals surface area contributed by atoms with E-state index in [9.17, 15) is 4.79 Å². The highest BCUT2D eigenvalue weighted by Crippen LogP contribution is 2.28. The van der Waals surface area contributed by atoms with Gasteiger partial charge >= 0.3 is 5.97 Å². The van der Waals surface area contributed by atoms with Gasteiger partial charge in [-0.05, 0) is 48.8 Å². The predicted octanol–water partition coefficient (Wildman–Crippen LogP) is 3.64. The highest BCUT2D eigenvalue weighted by molar-refractivity contribution is 9.10. The number of hydrogen-bond acceptors (Lipinski definition) is 3. The molecule has 0 saturated carbocycles. The van der Waals surface area contributed by atoms with Gasteiger partial charge in [0.15, 0.2) is 0 Å². The van der Waals surface area contributed by atoms with E-state index in [0.29, 0.717) is 20.7 Å². The molecule has 2 N–H and O–H groups in total. The Labute approximate surface area is 108 Å². The van der Waals surface area contributed by atoms with Crippen molar-refractivity contribution in [3.63, 3.8) is 0 Å². The van der Waals surface area contributed by atoms with Gasteiger partial charge in [-0.25, -0.2) is 4.79 Å². The summed E-state index contributed by atoms with van der Waals surface area (Å²) in [4.78, 5) is 11.8. The van der Waals surface area contributed by atoms with Crippen molar-refractivity contribution in [1.29, 1.82) is 0 Å². The lowest BCUT2D eigenvalue weighted by molar-refractivity contribution is 0.00686. The number of benzene rings is 1. The smallest absolute Gasteiger partial charge is 0.339 e. The molecule has 0 radical (unpaired) electrons. The first kappa shape index (κ1) is 13.3. The number of ether oxygens (including phenoxy) is 1. The lowest BCUT2D eigenvalue weighted by Crippen LogP contribution is -2.24. The van der Waals surface area contributed by atoms with Crippen LogP contribution in [0.2, 0.25) is 5.02 Å². The van der Waals surface area contributed by atoms with Crippen molar-refractivity contribution in [2.24, 2.45) is 0 Å². The Morgan fingerprint density at radius 3 is 2.50 bits per heavy atom. The maximum atomic E-state index is 11.8. The summed E-state index contributed by atoms with van der Waals surface area (Å²) in [5, 5.41) is 0.402. The van der Waals surface area contributed by atoms with E-state index in [1.165, 1.54) is 6.07 Å². The number of carbonyl (C=O) groups is 1. The van der Waals surface area contributed by atoms with Crippen LogP contribution in [-0.2, 0) is 4.74 Å². The maximum Gasteiger partial charge on any atom is 0.339 e. The Morgan fingerprint density at radius 2 is 2.00 bits per heavy atom. The zero-order valence-corrected chi connectivity index (χ0v) is 11.6. The molecule has 0 bridgehead atoms. The zero-order chi connectivity index (χ0) is 12.5. The first-order valence-corrected chi connectivity index (χ1v) is 5.85. The molecule has 0 saturated heterocycles. The molecule has 88 valence electrons. The molecule has 1 rings (SSSR count). The highest BCUT2D eigenvalue weighted by atomic mass is 79.9. The normalized spacial score (nSPS) is 11.3. The molecule has 1 aromatic rings. The van der Waals surface area contributed by atoms with Crippen LogP contribution in [0.25, 0.3) is 0 Å².